The van der Waals surface area contributed by atoms with Crippen LogP contribution >= 0.6 is 0 Å². The first-order chi connectivity index (χ1) is 17.5. The molecule has 1 atom stereocenters. The summed E-state index contributed by atoms with van der Waals surface area (Å²) in [6, 6.07) is 18.9. The number of hydroxylamine groups is 1. The monoisotopic (exact) mass is 486 g/mol. The van der Waals surface area contributed by atoms with Gasteiger partial charge in [-0.2, -0.15) is 0 Å². The Bertz CT molecular complexity index is 1370. The number of hydrogen-bond acceptors (Lipinski definition) is 6. The van der Waals surface area contributed by atoms with Crippen molar-refractivity contribution in [2.75, 3.05) is 6.61 Å². The number of hydrogen-bond donors (Lipinski definition) is 2. The van der Waals surface area contributed by atoms with Crippen molar-refractivity contribution in [1.29, 1.82) is 0 Å². The number of amides is 1. The maximum atomic E-state index is 12.5. The zero-order valence-electron chi connectivity index (χ0n) is 20.3. The molecule has 2 aromatic heterocycles. The largest absolute Gasteiger partial charge is 0.494 e. The number of aryl methyl sites for hydroxylation is 2. The van der Waals surface area contributed by atoms with Crippen LogP contribution in [0.1, 0.15) is 35.1 Å². The van der Waals surface area contributed by atoms with E-state index in [1.807, 2.05) is 55.5 Å². The molecule has 2 heterocycles. The van der Waals surface area contributed by atoms with E-state index in [1.54, 1.807) is 30.0 Å². The van der Waals surface area contributed by atoms with E-state index >= 15 is 0 Å². The van der Waals surface area contributed by atoms with Crippen molar-refractivity contribution in [3.63, 3.8) is 0 Å². The number of nitrogens with zero attached hydrogens (tertiary/aromatic N) is 1. The predicted molar refractivity (Wildman–Crippen MR) is 137 cm³/mol. The molecular formula is C29H30N2O5. The molecule has 0 aliphatic rings. The van der Waals surface area contributed by atoms with Gasteiger partial charge in [0, 0.05) is 29.3 Å². The Morgan fingerprint density at radius 3 is 2.67 bits per heavy atom. The first kappa shape index (κ1) is 25.1. The average molecular weight is 487 g/mol. The third-order valence-electron chi connectivity index (χ3n) is 6.17. The van der Waals surface area contributed by atoms with Crippen molar-refractivity contribution in [2.45, 2.75) is 39.0 Å². The van der Waals surface area contributed by atoms with E-state index in [0.29, 0.717) is 24.2 Å². The van der Waals surface area contributed by atoms with Gasteiger partial charge in [0.05, 0.1) is 6.61 Å². The highest BCUT2D eigenvalue weighted by Crippen LogP contribution is 2.21. The Morgan fingerprint density at radius 2 is 1.86 bits per heavy atom. The minimum atomic E-state index is -0.657. The fourth-order valence-corrected chi connectivity index (χ4v) is 4.26. The summed E-state index contributed by atoms with van der Waals surface area (Å²) in [7, 11) is 0. The zero-order chi connectivity index (χ0) is 25.3. The molecule has 0 bridgehead atoms. The second-order valence-corrected chi connectivity index (χ2v) is 8.99. The Morgan fingerprint density at radius 1 is 1.03 bits per heavy atom. The number of carbonyl (C=O) groups is 1. The number of pyridine rings is 1. The van der Waals surface area contributed by atoms with Crippen molar-refractivity contribution in [3.8, 4) is 5.75 Å². The van der Waals surface area contributed by atoms with E-state index in [0.717, 1.165) is 41.5 Å². The van der Waals surface area contributed by atoms with Gasteiger partial charge in [0.15, 0.2) is 0 Å². The van der Waals surface area contributed by atoms with Crippen LogP contribution in [0.5, 0.6) is 5.75 Å². The van der Waals surface area contributed by atoms with Crippen molar-refractivity contribution in [3.05, 3.63) is 106 Å². The van der Waals surface area contributed by atoms with Gasteiger partial charge in [0.2, 0.25) is 5.91 Å². The first-order valence-corrected chi connectivity index (χ1v) is 12.1. The van der Waals surface area contributed by atoms with E-state index in [9.17, 15) is 14.8 Å². The summed E-state index contributed by atoms with van der Waals surface area (Å²) in [5.74, 6) is -0.489. The smallest absolute Gasteiger partial charge is 0.339 e. The lowest BCUT2D eigenvalue weighted by atomic mass is 9.92. The van der Waals surface area contributed by atoms with Crippen LogP contribution < -0.4 is 15.8 Å². The number of aromatic nitrogens is 1. The molecule has 0 saturated heterocycles. The molecule has 2 N–H and O–H groups in total. The fourth-order valence-electron chi connectivity index (χ4n) is 4.26. The van der Waals surface area contributed by atoms with Gasteiger partial charge in [0.1, 0.15) is 11.3 Å². The number of rotatable bonds is 11. The van der Waals surface area contributed by atoms with Gasteiger partial charge in [0.25, 0.3) is 0 Å². The molecule has 0 fully saturated rings. The van der Waals surface area contributed by atoms with Crippen molar-refractivity contribution in [2.24, 2.45) is 5.92 Å². The molecule has 186 valence electrons. The van der Waals surface area contributed by atoms with Crippen molar-refractivity contribution in [1.82, 2.24) is 10.5 Å². The Kier molecular flexibility index (Phi) is 8.47. The first-order valence-electron chi connectivity index (χ1n) is 12.1. The third-order valence-corrected chi connectivity index (χ3v) is 6.17. The van der Waals surface area contributed by atoms with Gasteiger partial charge < -0.3 is 9.15 Å². The van der Waals surface area contributed by atoms with Gasteiger partial charge in [-0.05, 0) is 92.6 Å². The van der Waals surface area contributed by atoms with E-state index in [1.165, 1.54) is 5.56 Å². The highest BCUT2D eigenvalue weighted by atomic mass is 16.5. The second-order valence-electron chi connectivity index (χ2n) is 8.99. The van der Waals surface area contributed by atoms with E-state index in [2.05, 4.69) is 4.98 Å². The Balaban J connectivity index is 1.39. The summed E-state index contributed by atoms with van der Waals surface area (Å²) in [6.45, 7) is 2.55. The summed E-state index contributed by atoms with van der Waals surface area (Å²) >= 11 is 0. The number of benzene rings is 2. The standard InChI is InChI=1S/C29H30N2O5/c1-20-8-9-27-23(15-20)18-25(29(33)36-27)19-24(28(32)31-34)16-22-6-4-7-26(17-22)35-14-3-2-5-21-10-12-30-13-11-21/h4,6-13,15,17-18,24,34H,2-3,5,14,16,19H2,1H3,(H,31,32). The summed E-state index contributed by atoms with van der Waals surface area (Å²) < 4.78 is 11.4. The normalized spacial score (nSPS) is 11.8. The van der Waals surface area contributed by atoms with Crippen LogP contribution in [0.4, 0.5) is 0 Å². The molecular weight excluding hydrogens is 456 g/mol. The summed E-state index contributed by atoms with van der Waals surface area (Å²) in [5.41, 5.74) is 5.33. The minimum Gasteiger partial charge on any atom is -0.494 e. The Hall–Kier alpha value is -3.97. The topological polar surface area (TPSA) is 102 Å². The van der Waals surface area contributed by atoms with Gasteiger partial charge in [-0.15, -0.1) is 0 Å². The van der Waals surface area contributed by atoms with Crippen LogP contribution in [-0.4, -0.2) is 22.7 Å². The van der Waals surface area contributed by atoms with Crippen molar-refractivity contribution < 1.29 is 19.2 Å². The van der Waals surface area contributed by atoms with Gasteiger partial charge >= 0.3 is 5.63 Å². The number of ether oxygens (including phenoxy) is 1. The molecule has 0 radical (unpaired) electrons. The van der Waals surface area contributed by atoms with Gasteiger partial charge in [-0.1, -0.05) is 23.8 Å². The molecule has 7 heteroatoms. The maximum Gasteiger partial charge on any atom is 0.339 e. The molecule has 7 nitrogen and oxygen atoms in total. The van der Waals surface area contributed by atoms with E-state index in [4.69, 9.17) is 9.15 Å². The van der Waals surface area contributed by atoms with Gasteiger partial charge in [-0.3, -0.25) is 15.0 Å². The minimum absolute atomic E-state index is 0.138. The number of fused-ring (bicyclic) bond motifs is 1. The fraction of sp³-hybridized carbons (Fsp3) is 0.276. The molecule has 4 aromatic rings. The summed E-state index contributed by atoms with van der Waals surface area (Å²) in [5, 5.41) is 10.1. The average Bonchev–Trinajstić information content (AvgIpc) is 2.89. The molecule has 0 spiro atoms. The van der Waals surface area contributed by atoms with E-state index < -0.39 is 17.5 Å². The number of unbranched alkanes of at least 4 members (excludes halogenated alkanes) is 1. The van der Waals surface area contributed by atoms with Crippen LogP contribution in [0.15, 0.2) is 82.3 Å². The van der Waals surface area contributed by atoms with Crippen LogP contribution in [0.2, 0.25) is 0 Å². The van der Waals surface area contributed by atoms with Crippen LogP contribution in [0, 0.1) is 12.8 Å². The molecule has 36 heavy (non-hydrogen) atoms. The highest BCUT2D eigenvalue weighted by molar-refractivity contribution is 5.79. The van der Waals surface area contributed by atoms with Crippen LogP contribution in [-0.2, 0) is 24.1 Å². The summed E-state index contributed by atoms with van der Waals surface area (Å²) in [6.07, 6.45) is 6.97. The lowest BCUT2D eigenvalue weighted by Crippen LogP contribution is -2.32. The summed E-state index contributed by atoms with van der Waals surface area (Å²) in [4.78, 5) is 29.0. The third kappa shape index (κ3) is 6.79. The number of nitrogens with one attached hydrogen (secondary N) is 1. The molecule has 4 rings (SSSR count). The molecule has 0 aliphatic carbocycles. The molecule has 1 amide bonds. The lowest BCUT2D eigenvalue weighted by Gasteiger charge is -2.16. The highest BCUT2D eigenvalue weighted by Gasteiger charge is 2.22. The maximum absolute atomic E-state index is 12.5. The molecule has 2 aromatic carbocycles. The quantitative estimate of drug-likeness (QED) is 0.137. The second kappa shape index (κ2) is 12.1. The molecule has 0 aliphatic heterocycles. The lowest BCUT2D eigenvalue weighted by molar-refractivity contribution is -0.133. The van der Waals surface area contributed by atoms with Gasteiger partial charge in [-0.25, -0.2) is 10.3 Å². The van der Waals surface area contributed by atoms with E-state index in [-0.39, 0.29) is 6.42 Å². The SMILES string of the molecule is Cc1ccc2oc(=O)c(CC(Cc3cccc(OCCCCc4ccncc4)c3)C(=O)NO)cc2c1. The van der Waals surface area contributed by atoms with Crippen molar-refractivity contribution >= 4 is 16.9 Å². The Labute approximate surface area is 209 Å². The molecule has 0 saturated carbocycles. The number of carbonyl (C=O) groups excluding carboxylic acids is 1. The van der Waals surface area contributed by atoms with Crippen LogP contribution in [0.25, 0.3) is 11.0 Å². The predicted octanol–water partition coefficient (Wildman–Crippen LogP) is 4.80. The molecule has 1 unspecified atom stereocenters. The zero-order valence-corrected chi connectivity index (χ0v) is 20.3. The van der Waals surface area contributed by atoms with Crippen LogP contribution in [0.3, 0.4) is 0 Å².